The average molecular weight is 310 g/mol. The Morgan fingerprint density at radius 2 is 2.05 bits per heavy atom. The van der Waals surface area contributed by atoms with E-state index in [-0.39, 0.29) is 17.7 Å². The summed E-state index contributed by atoms with van der Waals surface area (Å²) in [4.78, 5) is 24.3. The number of rotatable bonds is 6. The van der Waals surface area contributed by atoms with Gasteiger partial charge in [0.2, 0.25) is 5.91 Å². The topological polar surface area (TPSA) is 67.4 Å². The van der Waals surface area contributed by atoms with Gasteiger partial charge in [-0.2, -0.15) is 0 Å². The van der Waals surface area contributed by atoms with Gasteiger partial charge in [0, 0.05) is 12.0 Å². The Morgan fingerprint density at radius 3 is 2.67 bits per heavy atom. The molecule has 3 amide bonds. The smallest absolute Gasteiger partial charge is 0.321 e. The fraction of sp³-hybridized carbons (Fsp3) is 0.467. The molecule has 0 aliphatic heterocycles. The van der Waals surface area contributed by atoms with Crippen molar-refractivity contribution in [3.63, 3.8) is 0 Å². The SMILES string of the molecule is COCC(C)NC(=O)NC(=O)CSc1ccc(C)cc1C. The molecule has 0 fully saturated rings. The van der Waals surface area contributed by atoms with Crippen LogP contribution in [0.5, 0.6) is 0 Å². The molecule has 1 atom stereocenters. The lowest BCUT2D eigenvalue weighted by Crippen LogP contribution is -2.45. The number of ether oxygens (including phenoxy) is 1. The van der Waals surface area contributed by atoms with Crippen molar-refractivity contribution in [1.82, 2.24) is 10.6 Å². The molecule has 0 aromatic heterocycles. The Labute approximate surface area is 129 Å². The number of imide groups is 1. The highest BCUT2D eigenvalue weighted by Gasteiger charge is 2.11. The zero-order valence-electron chi connectivity index (χ0n) is 12.9. The largest absolute Gasteiger partial charge is 0.383 e. The Morgan fingerprint density at radius 1 is 1.33 bits per heavy atom. The van der Waals surface area contributed by atoms with Gasteiger partial charge in [-0.3, -0.25) is 10.1 Å². The molecule has 116 valence electrons. The number of hydrogen-bond acceptors (Lipinski definition) is 4. The zero-order chi connectivity index (χ0) is 15.8. The number of benzene rings is 1. The van der Waals surface area contributed by atoms with Crippen molar-refractivity contribution in [2.45, 2.75) is 31.7 Å². The lowest BCUT2D eigenvalue weighted by Gasteiger charge is -2.13. The Hall–Kier alpha value is -1.53. The van der Waals surface area contributed by atoms with E-state index in [1.54, 1.807) is 14.0 Å². The molecule has 0 saturated carbocycles. The molecule has 0 spiro atoms. The molecule has 0 radical (unpaired) electrons. The maximum atomic E-state index is 11.7. The first kappa shape index (κ1) is 17.5. The van der Waals surface area contributed by atoms with E-state index < -0.39 is 6.03 Å². The normalized spacial score (nSPS) is 11.8. The van der Waals surface area contributed by atoms with Gasteiger partial charge in [0.15, 0.2) is 0 Å². The summed E-state index contributed by atoms with van der Waals surface area (Å²) >= 11 is 1.42. The maximum absolute atomic E-state index is 11.7. The van der Waals surface area contributed by atoms with E-state index in [4.69, 9.17) is 4.74 Å². The third-order valence-electron chi connectivity index (χ3n) is 2.74. The molecule has 1 aromatic rings. The summed E-state index contributed by atoms with van der Waals surface area (Å²) in [6, 6.07) is 5.43. The fourth-order valence-corrected chi connectivity index (χ4v) is 2.63. The summed E-state index contributed by atoms with van der Waals surface area (Å²) in [5.74, 6) is -0.113. The highest BCUT2D eigenvalue weighted by Crippen LogP contribution is 2.22. The monoisotopic (exact) mass is 310 g/mol. The predicted octanol–water partition coefficient (Wildman–Crippen LogP) is 2.26. The van der Waals surface area contributed by atoms with Crippen molar-refractivity contribution in [1.29, 1.82) is 0 Å². The Kier molecular flexibility index (Phi) is 7.25. The van der Waals surface area contributed by atoms with Gasteiger partial charge in [0.25, 0.3) is 0 Å². The van der Waals surface area contributed by atoms with Crippen molar-refractivity contribution in [2.75, 3.05) is 19.5 Å². The first-order valence-electron chi connectivity index (χ1n) is 6.71. The second-order valence-electron chi connectivity index (χ2n) is 4.94. The molecule has 0 aliphatic carbocycles. The van der Waals surface area contributed by atoms with Crippen LogP contribution in [-0.2, 0) is 9.53 Å². The molecule has 1 aromatic carbocycles. The number of thioether (sulfide) groups is 1. The predicted molar refractivity (Wildman–Crippen MR) is 84.7 cm³/mol. The van der Waals surface area contributed by atoms with E-state index in [0.29, 0.717) is 6.61 Å². The Bertz CT molecular complexity index is 506. The number of aryl methyl sites for hydroxylation is 2. The number of carbonyl (C=O) groups excluding carboxylic acids is 2. The molecule has 1 unspecified atom stereocenters. The van der Waals surface area contributed by atoms with Crippen LogP contribution >= 0.6 is 11.8 Å². The van der Waals surface area contributed by atoms with E-state index >= 15 is 0 Å². The molecule has 0 bridgehead atoms. The fourth-order valence-electron chi connectivity index (χ4n) is 1.82. The van der Waals surface area contributed by atoms with Gasteiger partial charge in [-0.1, -0.05) is 17.7 Å². The molecule has 21 heavy (non-hydrogen) atoms. The molecule has 0 aliphatic rings. The zero-order valence-corrected chi connectivity index (χ0v) is 13.7. The summed E-state index contributed by atoms with van der Waals surface area (Å²) < 4.78 is 4.91. The van der Waals surface area contributed by atoms with Gasteiger partial charge < -0.3 is 10.1 Å². The van der Waals surface area contributed by atoms with Gasteiger partial charge in [0.1, 0.15) is 0 Å². The minimum absolute atomic E-state index is 0.144. The summed E-state index contributed by atoms with van der Waals surface area (Å²) in [7, 11) is 1.56. The van der Waals surface area contributed by atoms with Gasteiger partial charge in [0.05, 0.1) is 18.4 Å². The number of urea groups is 1. The lowest BCUT2D eigenvalue weighted by molar-refractivity contribution is -0.117. The van der Waals surface area contributed by atoms with Crippen LogP contribution in [-0.4, -0.2) is 37.4 Å². The molecule has 6 heteroatoms. The first-order valence-corrected chi connectivity index (χ1v) is 7.70. The van der Waals surface area contributed by atoms with Crippen molar-refractivity contribution >= 4 is 23.7 Å². The van der Waals surface area contributed by atoms with Crippen LogP contribution in [0.15, 0.2) is 23.1 Å². The van der Waals surface area contributed by atoms with Crippen LogP contribution < -0.4 is 10.6 Å². The van der Waals surface area contributed by atoms with Crippen LogP contribution in [0, 0.1) is 13.8 Å². The third kappa shape index (κ3) is 6.64. The van der Waals surface area contributed by atoms with E-state index in [1.165, 1.54) is 17.3 Å². The van der Waals surface area contributed by atoms with Crippen molar-refractivity contribution < 1.29 is 14.3 Å². The molecule has 0 saturated heterocycles. The number of methoxy groups -OCH3 is 1. The van der Waals surface area contributed by atoms with Crippen LogP contribution in [0.4, 0.5) is 4.79 Å². The maximum Gasteiger partial charge on any atom is 0.321 e. The van der Waals surface area contributed by atoms with Gasteiger partial charge in [-0.15, -0.1) is 11.8 Å². The molecular formula is C15H22N2O3S. The number of carbonyl (C=O) groups is 2. The summed E-state index contributed by atoms with van der Waals surface area (Å²) in [5.41, 5.74) is 2.32. The van der Waals surface area contributed by atoms with Crippen molar-refractivity contribution in [2.24, 2.45) is 0 Å². The average Bonchev–Trinajstić information content (AvgIpc) is 2.37. The van der Waals surface area contributed by atoms with Crippen molar-refractivity contribution in [3.8, 4) is 0 Å². The van der Waals surface area contributed by atoms with Gasteiger partial charge in [-0.05, 0) is 32.4 Å². The molecule has 5 nitrogen and oxygen atoms in total. The van der Waals surface area contributed by atoms with Crippen LogP contribution in [0.1, 0.15) is 18.1 Å². The van der Waals surface area contributed by atoms with E-state index in [2.05, 4.69) is 16.7 Å². The summed E-state index contributed by atoms with van der Waals surface area (Å²) in [6.45, 7) is 6.24. The highest BCUT2D eigenvalue weighted by atomic mass is 32.2. The standard InChI is InChI=1S/C15H22N2O3S/c1-10-5-6-13(11(2)7-10)21-9-14(18)17-15(19)16-12(3)8-20-4/h5-7,12H,8-9H2,1-4H3,(H2,16,17,18,19). The summed E-state index contributed by atoms with van der Waals surface area (Å²) in [5, 5.41) is 4.93. The minimum Gasteiger partial charge on any atom is -0.383 e. The van der Waals surface area contributed by atoms with Crippen LogP contribution in [0.3, 0.4) is 0 Å². The summed E-state index contributed by atoms with van der Waals surface area (Å²) in [6.07, 6.45) is 0. The highest BCUT2D eigenvalue weighted by molar-refractivity contribution is 8.00. The molecule has 2 N–H and O–H groups in total. The number of amides is 3. The second-order valence-corrected chi connectivity index (χ2v) is 5.95. The van der Waals surface area contributed by atoms with Crippen molar-refractivity contribution in [3.05, 3.63) is 29.3 Å². The van der Waals surface area contributed by atoms with E-state index in [9.17, 15) is 9.59 Å². The Balaban J connectivity index is 2.38. The first-order chi connectivity index (χ1) is 9.92. The van der Waals surface area contributed by atoms with E-state index in [1.807, 2.05) is 26.0 Å². The molecular weight excluding hydrogens is 288 g/mol. The van der Waals surface area contributed by atoms with Crippen LogP contribution in [0.25, 0.3) is 0 Å². The van der Waals surface area contributed by atoms with Gasteiger partial charge >= 0.3 is 6.03 Å². The third-order valence-corrected chi connectivity index (χ3v) is 3.91. The molecule has 1 rings (SSSR count). The lowest BCUT2D eigenvalue weighted by atomic mass is 10.2. The van der Waals surface area contributed by atoms with Crippen LogP contribution in [0.2, 0.25) is 0 Å². The van der Waals surface area contributed by atoms with Gasteiger partial charge in [-0.25, -0.2) is 4.79 Å². The number of nitrogens with one attached hydrogen (secondary N) is 2. The second kappa shape index (κ2) is 8.69. The quantitative estimate of drug-likeness (QED) is 0.791. The minimum atomic E-state index is -0.495. The number of hydrogen-bond donors (Lipinski definition) is 2. The molecule has 0 heterocycles. The van der Waals surface area contributed by atoms with E-state index in [0.717, 1.165) is 10.5 Å².